The Morgan fingerprint density at radius 2 is 1.94 bits per heavy atom. The van der Waals surface area contributed by atoms with Crippen molar-refractivity contribution in [1.29, 1.82) is 0 Å². The summed E-state index contributed by atoms with van der Waals surface area (Å²) in [6.07, 6.45) is 0.919. The number of aryl methyl sites for hydroxylation is 1. The van der Waals surface area contributed by atoms with Crippen molar-refractivity contribution in [2.75, 3.05) is 7.11 Å². The predicted octanol–water partition coefficient (Wildman–Crippen LogP) is 3.59. The number of benzene rings is 1. The molecular formula is C14H22ClNO. The molecule has 0 aliphatic carbocycles. The minimum Gasteiger partial charge on any atom is -0.496 e. The maximum Gasteiger partial charge on any atom is 0.125 e. The van der Waals surface area contributed by atoms with Crippen molar-refractivity contribution in [3.8, 4) is 5.75 Å². The highest BCUT2D eigenvalue weighted by Crippen LogP contribution is 2.28. The highest BCUT2D eigenvalue weighted by molar-refractivity contribution is 6.30. The second kappa shape index (κ2) is 6.27. The second-order valence-corrected chi connectivity index (χ2v) is 5.28. The van der Waals surface area contributed by atoms with Crippen LogP contribution in [0.2, 0.25) is 5.02 Å². The van der Waals surface area contributed by atoms with Crippen LogP contribution in [0.5, 0.6) is 5.75 Å². The average Bonchev–Trinajstić information content (AvgIpc) is 2.15. The molecule has 0 aliphatic rings. The molecule has 2 nitrogen and oxygen atoms in total. The minimum atomic E-state index is 0.404. The second-order valence-electron chi connectivity index (χ2n) is 4.84. The third-order valence-corrected chi connectivity index (χ3v) is 2.88. The van der Waals surface area contributed by atoms with Crippen LogP contribution in [0.1, 0.15) is 31.9 Å². The zero-order valence-corrected chi connectivity index (χ0v) is 12.1. The van der Waals surface area contributed by atoms with Gasteiger partial charge >= 0.3 is 0 Å². The first-order chi connectivity index (χ1) is 7.93. The van der Waals surface area contributed by atoms with Gasteiger partial charge in [0.1, 0.15) is 5.75 Å². The van der Waals surface area contributed by atoms with Crippen molar-refractivity contribution in [3.63, 3.8) is 0 Å². The fourth-order valence-electron chi connectivity index (χ4n) is 2.20. The summed E-state index contributed by atoms with van der Waals surface area (Å²) in [7, 11) is 1.71. The molecule has 1 aromatic rings. The number of ether oxygens (including phenoxy) is 1. The smallest absolute Gasteiger partial charge is 0.125 e. The van der Waals surface area contributed by atoms with E-state index in [0.717, 1.165) is 28.3 Å². The molecule has 0 aliphatic heterocycles. The SMILES string of the molecule is COc1c(C)cc(Cl)cc1CC(C)NC(C)C. The lowest BCUT2D eigenvalue weighted by Gasteiger charge is -2.19. The fraction of sp³-hybridized carbons (Fsp3) is 0.571. The molecule has 0 aromatic heterocycles. The van der Waals surface area contributed by atoms with Crippen LogP contribution in [0.15, 0.2) is 12.1 Å². The molecule has 1 atom stereocenters. The van der Waals surface area contributed by atoms with Crippen LogP contribution in [-0.4, -0.2) is 19.2 Å². The summed E-state index contributed by atoms with van der Waals surface area (Å²) in [5.74, 6) is 0.951. The van der Waals surface area contributed by atoms with Gasteiger partial charge in [-0.1, -0.05) is 25.4 Å². The van der Waals surface area contributed by atoms with Gasteiger partial charge in [-0.2, -0.15) is 0 Å². The van der Waals surface area contributed by atoms with Gasteiger partial charge in [0.25, 0.3) is 0 Å². The van der Waals surface area contributed by atoms with Gasteiger partial charge in [0.15, 0.2) is 0 Å². The molecular weight excluding hydrogens is 234 g/mol. The maximum absolute atomic E-state index is 6.09. The first-order valence-corrected chi connectivity index (χ1v) is 6.41. The van der Waals surface area contributed by atoms with E-state index in [-0.39, 0.29) is 0 Å². The molecule has 96 valence electrons. The van der Waals surface area contributed by atoms with Crippen molar-refractivity contribution in [2.45, 2.75) is 46.2 Å². The summed E-state index contributed by atoms with van der Waals surface area (Å²) in [4.78, 5) is 0. The van der Waals surface area contributed by atoms with Crippen molar-refractivity contribution in [2.24, 2.45) is 0 Å². The summed E-state index contributed by atoms with van der Waals surface area (Å²) < 4.78 is 5.45. The zero-order chi connectivity index (χ0) is 13.0. The Kier molecular flexibility index (Phi) is 5.29. The van der Waals surface area contributed by atoms with Crippen LogP contribution in [0.4, 0.5) is 0 Å². The van der Waals surface area contributed by atoms with Gasteiger partial charge in [-0.05, 0) is 43.5 Å². The van der Waals surface area contributed by atoms with Gasteiger partial charge in [-0.15, -0.1) is 0 Å². The Morgan fingerprint density at radius 3 is 2.47 bits per heavy atom. The lowest BCUT2D eigenvalue weighted by Crippen LogP contribution is -2.34. The van der Waals surface area contributed by atoms with Crippen LogP contribution < -0.4 is 10.1 Å². The standard InChI is InChI=1S/C14H22ClNO/c1-9(2)16-11(4)7-12-8-13(15)6-10(3)14(12)17-5/h6,8-9,11,16H,7H2,1-5H3. The minimum absolute atomic E-state index is 0.404. The molecule has 0 bridgehead atoms. The highest BCUT2D eigenvalue weighted by atomic mass is 35.5. The van der Waals surface area contributed by atoms with E-state index in [1.807, 2.05) is 19.1 Å². The molecule has 17 heavy (non-hydrogen) atoms. The maximum atomic E-state index is 6.09. The average molecular weight is 256 g/mol. The van der Waals surface area contributed by atoms with Crippen molar-refractivity contribution in [3.05, 3.63) is 28.3 Å². The van der Waals surface area contributed by atoms with E-state index in [4.69, 9.17) is 16.3 Å². The Bertz CT molecular complexity index is 377. The molecule has 1 N–H and O–H groups in total. The van der Waals surface area contributed by atoms with E-state index in [1.165, 1.54) is 0 Å². The van der Waals surface area contributed by atoms with E-state index >= 15 is 0 Å². The number of halogens is 1. The Hall–Kier alpha value is -0.730. The Morgan fingerprint density at radius 1 is 1.29 bits per heavy atom. The molecule has 0 fully saturated rings. The fourth-order valence-corrected chi connectivity index (χ4v) is 2.50. The summed E-state index contributed by atoms with van der Waals surface area (Å²) >= 11 is 6.09. The molecule has 0 spiro atoms. The first kappa shape index (κ1) is 14.3. The van der Waals surface area contributed by atoms with E-state index in [1.54, 1.807) is 7.11 Å². The van der Waals surface area contributed by atoms with Crippen molar-refractivity contribution in [1.82, 2.24) is 5.32 Å². The number of hydrogen-bond acceptors (Lipinski definition) is 2. The van der Waals surface area contributed by atoms with E-state index in [0.29, 0.717) is 12.1 Å². The molecule has 0 saturated carbocycles. The monoisotopic (exact) mass is 255 g/mol. The van der Waals surface area contributed by atoms with Crippen LogP contribution in [0.3, 0.4) is 0 Å². The van der Waals surface area contributed by atoms with Gasteiger partial charge in [0.2, 0.25) is 0 Å². The third kappa shape index (κ3) is 4.21. The van der Waals surface area contributed by atoms with Gasteiger partial charge in [0, 0.05) is 17.1 Å². The summed E-state index contributed by atoms with van der Waals surface area (Å²) in [5.41, 5.74) is 2.25. The predicted molar refractivity (Wildman–Crippen MR) is 74.2 cm³/mol. The van der Waals surface area contributed by atoms with Crippen LogP contribution >= 0.6 is 11.6 Å². The Labute approximate surface area is 109 Å². The van der Waals surface area contributed by atoms with Crippen LogP contribution in [0.25, 0.3) is 0 Å². The third-order valence-electron chi connectivity index (χ3n) is 2.66. The molecule has 1 unspecified atom stereocenters. The number of hydrogen-bond donors (Lipinski definition) is 1. The molecule has 3 heteroatoms. The number of nitrogens with one attached hydrogen (secondary N) is 1. The summed E-state index contributed by atoms with van der Waals surface area (Å²) in [6.45, 7) is 8.50. The lowest BCUT2D eigenvalue weighted by atomic mass is 10.0. The van der Waals surface area contributed by atoms with E-state index in [2.05, 4.69) is 26.1 Å². The van der Waals surface area contributed by atoms with Crippen molar-refractivity contribution < 1.29 is 4.74 Å². The highest BCUT2D eigenvalue weighted by Gasteiger charge is 2.12. The number of methoxy groups -OCH3 is 1. The van der Waals surface area contributed by atoms with Gasteiger partial charge in [-0.25, -0.2) is 0 Å². The molecule has 0 saturated heterocycles. The first-order valence-electron chi connectivity index (χ1n) is 6.03. The van der Waals surface area contributed by atoms with Gasteiger partial charge in [0.05, 0.1) is 7.11 Å². The summed E-state index contributed by atoms with van der Waals surface area (Å²) in [6, 6.07) is 4.81. The molecule has 1 rings (SSSR count). The van der Waals surface area contributed by atoms with Crippen LogP contribution in [-0.2, 0) is 6.42 Å². The van der Waals surface area contributed by atoms with E-state index < -0.39 is 0 Å². The van der Waals surface area contributed by atoms with E-state index in [9.17, 15) is 0 Å². The lowest BCUT2D eigenvalue weighted by molar-refractivity contribution is 0.401. The van der Waals surface area contributed by atoms with Gasteiger partial charge in [-0.3, -0.25) is 0 Å². The summed E-state index contributed by atoms with van der Waals surface area (Å²) in [5, 5.41) is 4.26. The van der Waals surface area contributed by atoms with Crippen molar-refractivity contribution >= 4 is 11.6 Å². The molecule has 0 heterocycles. The molecule has 1 aromatic carbocycles. The van der Waals surface area contributed by atoms with Crippen LogP contribution in [0, 0.1) is 6.92 Å². The van der Waals surface area contributed by atoms with Gasteiger partial charge < -0.3 is 10.1 Å². The Balaban J connectivity index is 2.89. The molecule has 0 radical (unpaired) electrons. The largest absolute Gasteiger partial charge is 0.496 e. The normalized spacial score (nSPS) is 12.9. The number of rotatable bonds is 5. The topological polar surface area (TPSA) is 21.3 Å². The molecule has 0 amide bonds. The zero-order valence-electron chi connectivity index (χ0n) is 11.3. The quantitative estimate of drug-likeness (QED) is 0.868.